The summed E-state index contributed by atoms with van der Waals surface area (Å²) in [6.07, 6.45) is 2.76. The normalized spacial score (nSPS) is 13.4. The Morgan fingerprint density at radius 2 is 2.33 bits per heavy atom. The molecule has 94 valence electrons. The molecule has 0 spiro atoms. The first-order chi connectivity index (χ1) is 8.83. The monoisotopic (exact) mass is 307 g/mol. The molecule has 0 saturated heterocycles. The number of nitrogens with one attached hydrogen (secondary N) is 2. The van der Waals surface area contributed by atoms with Crippen LogP contribution in [0.5, 0.6) is 5.75 Å². The molecule has 0 aliphatic carbocycles. The number of hydrogen-bond donors (Lipinski definition) is 2. The minimum Gasteiger partial charge on any atom is -0.493 e. The molecule has 1 aromatic carbocycles. The predicted molar refractivity (Wildman–Crippen MR) is 72.5 cm³/mol. The van der Waals surface area contributed by atoms with Gasteiger partial charge in [0.1, 0.15) is 5.75 Å². The Morgan fingerprint density at radius 1 is 1.39 bits per heavy atom. The molecular weight excluding hydrogens is 294 g/mol. The molecule has 0 bridgehead atoms. The lowest BCUT2D eigenvalue weighted by Gasteiger charge is -2.09. The zero-order valence-corrected chi connectivity index (χ0v) is 11.5. The largest absolute Gasteiger partial charge is 0.493 e. The molecule has 0 radical (unpaired) electrons. The Hall–Kier alpha value is -1.33. The number of aromatic amines is 1. The van der Waals surface area contributed by atoms with Crippen LogP contribution < -0.4 is 10.1 Å². The first kappa shape index (κ1) is 11.7. The second-order valence-electron chi connectivity index (χ2n) is 4.34. The van der Waals surface area contributed by atoms with Crippen LogP contribution in [0.15, 0.2) is 28.9 Å². The van der Waals surface area contributed by atoms with Crippen molar-refractivity contribution in [2.24, 2.45) is 0 Å². The number of halogens is 1. The van der Waals surface area contributed by atoms with Gasteiger partial charge in [0.05, 0.1) is 6.61 Å². The van der Waals surface area contributed by atoms with Gasteiger partial charge in [-0.25, -0.2) is 0 Å². The Kier molecular flexibility index (Phi) is 3.34. The summed E-state index contributed by atoms with van der Waals surface area (Å²) in [6, 6.07) is 6.22. The van der Waals surface area contributed by atoms with Crippen molar-refractivity contribution in [3.05, 3.63) is 45.7 Å². The highest BCUT2D eigenvalue weighted by atomic mass is 79.9. The van der Waals surface area contributed by atoms with Gasteiger partial charge in [-0.1, -0.05) is 15.9 Å². The average molecular weight is 308 g/mol. The minimum atomic E-state index is 0.779. The summed E-state index contributed by atoms with van der Waals surface area (Å²) in [5.41, 5.74) is 3.58. The maximum Gasteiger partial charge on any atom is 0.127 e. The summed E-state index contributed by atoms with van der Waals surface area (Å²) in [4.78, 5) is 0. The quantitative estimate of drug-likeness (QED) is 0.912. The lowest BCUT2D eigenvalue weighted by molar-refractivity contribution is 0.352. The van der Waals surface area contributed by atoms with Crippen LogP contribution in [0.4, 0.5) is 0 Å². The standard InChI is InChI=1S/C13H14BrN3O/c14-11-5-9-2-4-18-13(9)10(6-11)7-15-8-12-1-3-16-17-12/h1,3,5-6,15H,2,4,7-8H2,(H,16,17). The topological polar surface area (TPSA) is 49.9 Å². The number of aromatic nitrogens is 2. The van der Waals surface area contributed by atoms with Crippen molar-refractivity contribution in [3.8, 4) is 5.75 Å². The molecule has 1 aromatic heterocycles. The zero-order valence-electron chi connectivity index (χ0n) is 9.87. The second-order valence-corrected chi connectivity index (χ2v) is 5.25. The van der Waals surface area contributed by atoms with Gasteiger partial charge < -0.3 is 10.1 Å². The van der Waals surface area contributed by atoms with Crippen molar-refractivity contribution in [2.75, 3.05) is 6.61 Å². The van der Waals surface area contributed by atoms with Gasteiger partial charge in [-0.2, -0.15) is 5.10 Å². The summed E-state index contributed by atoms with van der Waals surface area (Å²) in [7, 11) is 0. The van der Waals surface area contributed by atoms with Gasteiger partial charge >= 0.3 is 0 Å². The van der Waals surface area contributed by atoms with E-state index in [4.69, 9.17) is 4.74 Å². The van der Waals surface area contributed by atoms with Crippen LogP contribution in [-0.2, 0) is 19.5 Å². The lowest BCUT2D eigenvalue weighted by Crippen LogP contribution is -2.13. The van der Waals surface area contributed by atoms with Crippen LogP contribution in [0.1, 0.15) is 16.8 Å². The molecule has 0 saturated carbocycles. The molecule has 2 N–H and O–H groups in total. The molecule has 0 fully saturated rings. The fourth-order valence-electron chi connectivity index (χ4n) is 2.19. The fourth-order valence-corrected chi connectivity index (χ4v) is 2.74. The van der Waals surface area contributed by atoms with Crippen LogP contribution in [0.3, 0.4) is 0 Å². The number of benzene rings is 1. The maximum absolute atomic E-state index is 5.69. The summed E-state index contributed by atoms with van der Waals surface area (Å²) in [5, 5.41) is 10.2. The molecule has 4 nitrogen and oxygen atoms in total. The smallest absolute Gasteiger partial charge is 0.127 e. The van der Waals surface area contributed by atoms with Crippen LogP contribution in [0.25, 0.3) is 0 Å². The maximum atomic E-state index is 5.69. The zero-order chi connectivity index (χ0) is 12.4. The van der Waals surface area contributed by atoms with E-state index in [0.29, 0.717) is 0 Å². The van der Waals surface area contributed by atoms with Crippen molar-refractivity contribution in [1.82, 2.24) is 15.5 Å². The molecule has 0 atom stereocenters. The van der Waals surface area contributed by atoms with Gasteiger partial charge in [0.15, 0.2) is 0 Å². The first-order valence-electron chi connectivity index (χ1n) is 5.96. The third-order valence-electron chi connectivity index (χ3n) is 3.01. The Balaban J connectivity index is 1.69. The fraction of sp³-hybridized carbons (Fsp3) is 0.308. The van der Waals surface area contributed by atoms with E-state index in [1.165, 1.54) is 11.1 Å². The highest BCUT2D eigenvalue weighted by Crippen LogP contribution is 2.32. The first-order valence-corrected chi connectivity index (χ1v) is 6.75. The van der Waals surface area contributed by atoms with E-state index >= 15 is 0 Å². The van der Waals surface area contributed by atoms with E-state index in [1.807, 2.05) is 6.07 Å². The molecule has 1 aliphatic heterocycles. The number of fused-ring (bicyclic) bond motifs is 1. The molecule has 5 heteroatoms. The van der Waals surface area contributed by atoms with Gasteiger partial charge in [0, 0.05) is 41.4 Å². The van der Waals surface area contributed by atoms with Gasteiger partial charge in [0.2, 0.25) is 0 Å². The van der Waals surface area contributed by atoms with Crippen molar-refractivity contribution in [3.63, 3.8) is 0 Å². The van der Waals surface area contributed by atoms with E-state index in [1.54, 1.807) is 6.20 Å². The molecule has 2 aromatic rings. The summed E-state index contributed by atoms with van der Waals surface area (Å²) in [6.45, 7) is 2.36. The summed E-state index contributed by atoms with van der Waals surface area (Å²) in [5.74, 6) is 1.05. The molecule has 18 heavy (non-hydrogen) atoms. The summed E-state index contributed by atoms with van der Waals surface area (Å²) < 4.78 is 6.81. The van der Waals surface area contributed by atoms with Crippen molar-refractivity contribution < 1.29 is 4.74 Å². The third-order valence-corrected chi connectivity index (χ3v) is 3.47. The van der Waals surface area contributed by atoms with E-state index in [0.717, 1.165) is 42.0 Å². The number of nitrogens with zero attached hydrogens (tertiary/aromatic N) is 1. The van der Waals surface area contributed by atoms with E-state index in [9.17, 15) is 0 Å². The number of hydrogen-bond acceptors (Lipinski definition) is 3. The van der Waals surface area contributed by atoms with Gasteiger partial charge in [-0.05, 0) is 23.8 Å². The molecule has 1 aliphatic rings. The van der Waals surface area contributed by atoms with Crippen LogP contribution >= 0.6 is 15.9 Å². The van der Waals surface area contributed by atoms with Crippen LogP contribution in [0, 0.1) is 0 Å². The van der Waals surface area contributed by atoms with E-state index in [-0.39, 0.29) is 0 Å². The number of ether oxygens (including phenoxy) is 1. The van der Waals surface area contributed by atoms with E-state index < -0.39 is 0 Å². The number of rotatable bonds is 4. The lowest BCUT2D eigenvalue weighted by atomic mass is 10.1. The Labute approximate surface area is 114 Å². The van der Waals surface area contributed by atoms with Crippen LogP contribution in [0.2, 0.25) is 0 Å². The third kappa shape index (κ3) is 2.42. The van der Waals surface area contributed by atoms with Crippen LogP contribution in [-0.4, -0.2) is 16.8 Å². The Bertz CT molecular complexity index is 539. The van der Waals surface area contributed by atoms with Gasteiger partial charge in [-0.3, -0.25) is 5.10 Å². The highest BCUT2D eigenvalue weighted by Gasteiger charge is 2.16. The predicted octanol–water partition coefficient (Wildman–Crippen LogP) is 2.40. The van der Waals surface area contributed by atoms with Crippen molar-refractivity contribution in [1.29, 1.82) is 0 Å². The minimum absolute atomic E-state index is 0.779. The molecular formula is C13H14BrN3O. The molecule has 3 rings (SSSR count). The highest BCUT2D eigenvalue weighted by molar-refractivity contribution is 9.10. The van der Waals surface area contributed by atoms with Crippen molar-refractivity contribution >= 4 is 15.9 Å². The molecule has 0 unspecified atom stereocenters. The summed E-state index contributed by atoms with van der Waals surface area (Å²) >= 11 is 3.55. The van der Waals surface area contributed by atoms with Gasteiger partial charge in [-0.15, -0.1) is 0 Å². The molecule has 2 heterocycles. The van der Waals surface area contributed by atoms with Gasteiger partial charge in [0.25, 0.3) is 0 Å². The average Bonchev–Trinajstić information content (AvgIpc) is 2.98. The van der Waals surface area contributed by atoms with Crippen molar-refractivity contribution in [2.45, 2.75) is 19.5 Å². The second kappa shape index (κ2) is 5.12. The van der Waals surface area contributed by atoms with E-state index in [2.05, 4.69) is 43.6 Å². The Morgan fingerprint density at radius 3 is 3.17 bits per heavy atom. The number of H-pyrrole nitrogens is 1. The molecule has 0 amide bonds. The SMILES string of the molecule is Brc1cc2c(c(CNCc3ccn[nH]3)c1)OCC2.